The lowest BCUT2D eigenvalue weighted by Crippen LogP contribution is -2.28. The molecule has 0 aromatic rings. The van der Waals surface area contributed by atoms with E-state index in [1.54, 1.807) is 0 Å². The van der Waals surface area contributed by atoms with E-state index < -0.39 is 0 Å². The maximum atomic E-state index is 9.09. The van der Waals surface area contributed by atoms with Crippen molar-refractivity contribution in [3.8, 4) is 0 Å². The fourth-order valence-electron chi connectivity index (χ4n) is 2.51. The third-order valence-electron chi connectivity index (χ3n) is 3.69. The highest BCUT2D eigenvalue weighted by Gasteiger charge is 2.19. The Hall–Kier alpha value is -0.640. The first-order chi connectivity index (χ1) is 9.56. The molecule has 1 fully saturated rings. The molecule has 0 aliphatic carbocycles. The van der Waals surface area contributed by atoms with Gasteiger partial charge in [0.1, 0.15) is 0 Å². The average Bonchev–Trinajstić information content (AvgIpc) is 2.45. The van der Waals surface area contributed by atoms with E-state index in [2.05, 4.69) is 26.5 Å². The minimum Gasteiger partial charge on any atom is -0.396 e. The highest BCUT2D eigenvalue weighted by Crippen LogP contribution is 2.22. The van der Waals surface area contributed by atoms with Crippen molar-refractivity contribution in [1.82, 2.24) is 0 Å². The van der Waals surface area contributed by atoms with E-state index in [4.69, 9.17) is 14.6 Å². The Morgan fingerprint density at radius 3 is 2.80 bits per heavy atom. The molecule has 3 heteroatoms. The molecule has 3 nitrogen and oxygen atoms in total. The molecule has 1 heterocycles. The average molecular weight is 282 g/mol. The van der Waals surface area contributed by atoms with Gasteiger partial charge in [0.15, 0.2) is 6.29 Å². The number of hydrogen-bond donors (Lipinski definition) is 1. The number of hydrogen-bond acceptors (Lipinski definition) is 3. The summed E-state index contributed by atoms with van der Waals surface area (Å²) >= 11 is 0. The standard InChI is InChI=1S/C17H30O3/c1-5-16(20-17-8-6-7-9-19-17)15(4)11-13(2)10-14(3)12-18/h11,14,16-18H,2,5-10,12H2,1,3-4H3/b15-11+/t14-,16-,17?/m0/s1. The molecule has 1 N–H and O–H groups in total. The Labute approximate surface area is 123 Å². The molecule has 1 aliphatic rings. The quantitative estimate of drug-likeness (QED) is 0.688. The van der Waals surface area contributed by atoms with Gasteiger partial charge in [-0.05, 0) is 50.5 Å². The summed E-state index contributed by atoms with van der Waals surface area (Å²) in [7, 11) is 0. The fraction of sp³-hybridized carbons (Fsp3) is 0.765. The van der Waals surface area contributed by atoms with Crippen molar-refractivity contribution in [2.24, 2.45) is 5.92 Å². The van der Waals surface area contributed by atoms with Gasteiger partial charge in [-0.3, -0.25) is 0 Å². The Balaban J connectivity index is 2.51. The summed E-state index contributed by atoms with van der Waals surface area (Å²) in [5.41, 5.74) is 2.24. The zero-order valence-electron chi connectivity index (χ0n) is 13.2. The van der Waals surface area contributed by atoms with Gasteiger partial charge in [0.25, 0.3) is 0 Å². The summed E-state index contributed by atoms with van der Waals surface area (Å²) in [6.07, 6.45) is 7.22. The van der Waals surface area contributed by atoms with Gasteiger partial charge in [-0.1, -0.05) is 32.1 Å². The second-order valence-corrected chi connectivity index (χ2v) is 5.87. The second-order valence-electron chi connectivity index (χ2n) is 5.87. The number of aliphatic hydroxyl groups is 1. The summed E-state index contributed by atoms with van der Waals surface area (Å²) in [6, 6.07) is 0. The number of ether oxygens (including phenoxy) is 2. The van der Waals surface area contributed by atoms with Crippen molar-refractivity contribution in [3.63, 3.8) is 0 Å². The van der Waals surface area contributed by atoms with Crippen LogP contribution in [0.5, 0.6) is 0 Å². The Bertz CT molecular complexity index is 316. The lowest BCUT2D eigenvalue weighted by atomic mass is 9.99. The lowest BCUT2D eigenvalue weighted by Gasteiger charge is -2.28. The first-order valence-corrected chi connectivity index (χ1v) is 7.80. The monoisotopic (exact) mass is 282 g/mol. The molecule has 3 atom stereocenters. The zero-order valence-corrected chi connectivity index (χ0v) is 13.2. The van der Waals surface area contributed by atoms with Crippen LogP contribution >= 0.6 is 0 Å². The van der Waals surface area contributed by atoms with Crippen LogP contribution in [-0.4, -0.2) is 30.7 Å². The van der Waals surface area contributed by atoms with Crippen molar-refractivity contribution in [2.75, 3.05) is 13.2 Å². The topological polar surface area (TPSA) is 38.7 Å². The van der Waals surface area contributed by atoms with E-state index >= 15 is 0 Å². The van der Waals surface area contributed by atoms with Gasteiger partial charge in [-0.25, -0.2) is 0 Å². The van der Waals surface area contributed by atoms with Crippen LogP contribution in [0.1, 0.15) is 52.9 Å². The smallest absolute Gasteiger partial charge is 0.158 e. The van der Waals surface area contributed by atoms with Crippen LogP contribution in [-0.2, 0) is 9.47 Å². The summed E-state index contributed by atoms with van der Waals surface area (Å²) in [6.45, 7) is 11.3. The highest BCUT2D eigenvalue weighted by atomic mass is 16.7. The van der Waals surface area contributed by atoms with E-state index in [0.717, 1.165) is 37.9 Å². The van der Waals surface area contributed by atoms with E-state index in [9.17, 15) is 0 Å². The van der Waals surface area contributed by atoms with Crippen LogP contribution in [0, 0.1) is 5.92 Å². The Kier molecular flexibility index (Phi) is 8.12. The molecule has 116 valence electrons. The molecular weight excluding hydrogens is 252 g/mol. The molecule has 1 aliphatic heterocycles. The Morgan fingerprint density at radius 1 is 1.50 bits per heavy atom. The van der Waals surface area contributed by atoms with Crippen molar-refractivity contribution in [1.29, 1.82) is 0 Å². The third-order valence-corrected chi connectivity index (χ3v) is 3.69. The van der Waals surface area contributed by atoms with Gasteiger partial charge in [-0.15, -0.1) is 0 Å². The second kappa shape index (κ2) is 9.32. The van der Waals surface area contributed by atoms with E-state index in [-0.39, 0.29) is 24.9 Å². The molecule has 0 bridgehead atoms. The van der Waals surface area contributed by atoms with E-state index in [1.807, 2.05) is 6.92 Å². The maximum absolute atomic E-state index is 9.09. The molecule has 1 rings (SSSR count). The molecular formula is C17H30O3. The summed E-state index contributed by atoms with van der Waals surface area (Å²) in [4.78, 5) is 0. The van der Waals surface area contributed by atoms with Crippen LogP contribution in [0.2, 0.25) is 0 Å². The van der Waals surface area contributed by atoms with Crippen molar-refractivity contribution in [3.05, 3.63) is 23.8 Å². The first-order valence-electron chi connectivity index (χ1n) is 7.80. The van der Waals surface area contributed by atoms with Gasteiger partial charge in [-0.2, -0.15) is 0 Å². The molecule has 0 aromatic heterocycles. The van der Waals surface area contributed by atoms with Crippen molar-refractivity contribution >= 4 is 0 Å². The molecule has 1 saturated heterocycles. The van der Waals surface area contributed by atoms with Gasteiger partial charge in [0.05, 0.1) is 6.10 Å². The molecule has 0 saturated carbocycles. The third kappa shape index (κ3) is 6.21. The van der Waals surface area contributed by atoms with Crippen molar-refractivity contribution < 1.29 is 14.6 Å². The number of rotatable bonds is 8. The molecule has 20 heavy (non-hydrogen) atoms. The molecule has 0 amide bonds. The van der Waals surface area contributed by atoms with Crippen LogP contribution in [0.15, 0.2) is 23.8 Å². The lowest BCUT2D eigenvalue weighted by molar-refractivity contribution is -0.180. The predicted molar refractivity (Wildman–Crippen MR) is 82.5 cm³/mol. The van der Waals surface area contributed by atoms with Crippen LogP contribution in [0.3, 0.4) is 0 Å². The summed E-state index contributed by atoms with van der Waals surface area (Å²) in [5.74, 6) is 0.259. The highest BCUT2D eigenvalue weighted by molar-refractivity contribution is 5.22. The van der Waals surface area contributed by atoms with E-state index in [0.29, 0.717) is 0 Å². The molecule has 0 spiro atoms. The summed E-state index contributed by atoms with van der Waals surface area (Å²) < 4.78 is 11.7. The molecule has 0 radical (unpaired) electrons. The predicted octanol–water partition coefficient (Wildman–Crippen LogP) is 3.83. The Morgan fingerprint density at radius 2 is 2.25 bits per heavy atom. The SMILES string of the molecule is C=C(/C=C(\C)[C@H](CC)OC1CCCCO1)C[C@H](C)CO. The first kappa shape index (κ1) is 17.4. The fourth-order valence-corrected chi connectivity index (χ4v) is 2.51. The zero-order chi connectivity index (χ0) is 15.0. The van der Waals surface area contributed by atoms with Gasteiger partial charge in [0.2, 0.25) is 0 Å². The minimum atomic E-state index is -0.0540. The molecule has 1 unspecified atom stereocenters. The molecule has 0 aromatic carbocycles. The van der Waals surface area contributed by atoms with Crippen LogP contribution in [0.4, 0.5) is 0 Å². The largest absolute Gasteiger partial charge is 0.396 e. The van der Waals surface area contributed by atoms with Gasteiger partial charge in [0, 0.05) is 13.2 Å². The van der Waals surface area contributed by atoms with Crippen molar-refractivity contribution in [2.45, 2.75) is 65.3 Å². The van der Waals surface area contributed by atoms with Crippen LogP contribution in [0.25, 0.3) is 0 Å². The van der Waals surface area contributed by atoms with Gasteiger partial charge < -0.3 is 14.6 Å². The van der Waals surface area contributed by atoms with Crippen LogP contribution < -0.4 is 0 Å². The van der Waals surface area contributed by atoms with E-state index in [1.165, 1.54) is 12.0 Å². The normalized spacial score (nSPS) is 23.4. The number of allylic oxidation sites excluding steroid dienone is 2. The maximum Gasteiger partial charge on any atom is 0.158 e. The van der Waals surface area contributed by atoms with Gasteiger partial charge >= 0.3 is 0 Å². The summed E-state index contributed by atoms with van der Waals surface area (Å²) in [5, 5.41) is 9.09. The minimum absolute atomic E-state index is 0.0540. The number of aliphatic hydroxyl groups excluding tert-OH is 1.